The average molecular weight is 339 g/mol. The molecule has 1 atom stereocenters. The van der Waals surface area contributed by atoms with Gasteiger partial charge < -0.3 is 9.67 Å². The molecule has 0 aliphatic heterocycles. The largest absolute Gasteiger partial charge is 0.384 e. The maximum Gasteiger partial charge on any atom is 0.194 e. The highest BCUT2D eigenvalue weighted by Crippen LogP contribution is 2.51. The predicted molar refractivity (Wildman–Crippen MR) is 75.0 cm³/mol. The SMILES string of the molecule is N#Cc1cncn1CC(O)(Cc1ccc(F)c(F)c1F)C1(F)CC1. The second-order valence-corrected chi connectivity index (χ2v) is 6.03. The van der Waals surface area contributed by atoms with E-state index in [0.717, 1.165) is 12.1 Å². The van der Waals surface area contributed by atoms with E-state index in [1.165, 1.54) is 17.1 Å². The van der Waals surface area contributed by atoms with Crippen molar-refractivity contribution >= 4 is 0 Å². The van der Waals surface area contributed by atoms with Gasteiger partial charge in [-0.3, -0.25) is 0 Å². The Morgan fingerprint density at radius 1 is 1.29 bits per heavy atom. The molecule has 1 aromatic carbocycles. The van der Waals surface area contributed by atoms with Crippen molar-refractivity contribution in [3.05, 3.63) is 53.4 Å². The van der Waals surface area contributed by atoms with Gasteiger partial charge in [0.15, 0.2) is 17.5 Å². The van der Waals surface area contributed by atoms with E-state index < -0.39 is 35.1 Å². The molecule has 0 saturated heterocycles. The highest BCUT2D eigenvalue weighted by Gasteiger charge is 2.60. The van der Waals surface area contributed by atoms with Crippen LogP contribution in [0.5, 0.6) is 0 Å². The van der Waals surface area contributed by atoms with Gasteiger partial charge >= 0.3 is 0 Å². The summed E-state index contributed by atoms with van der Waals surface area (Å²) in [5.41, 5.74) is -4.30. The standard InChI is InChI=1S/C16H13F4N3O/c17-12-2-1-10(13(18)14(12)19)5-16(24,15(20)3-4-15)8-23-9-22-7-11(23)6-21/h1-2,7,9,24H,3-5,8H2. The molecule has 3 rings (SSSR count). The van der Waals surface area contributed by atoms with Crippen LogP contribution in [-0.2, 0) is 13.0 Å². The molecule has 126 valence electrons. The molecule has 8 heteroatoms. The monoisotopic (exact) mass is 339 g/mol. The first-order chi connectivity index (χ1) is 11.3. The van der Waals surface area contributed by atoms with E-state index in [-0.39, 0.29) is 30.6 Å². The molecule has 0 radical (unpaired) electrons. The van der Waals surface area contributed by atoms with E-state index in [9.17, 15) is 22.7 Å². The van der Waals surface area contributed by atoms with Crippen molar-refractivity contribution < 1.29 is 22.7 Å². The molecule has 1 unspecified atom stereocenters. The molecule has 2 aromatic rings. The van der Waals surface area contributed by atoms with E-state index in [0.29, 0.717) is 0 Å². The van der Waals surface area contributed by atoms with Crippen LogP contribution in [0.25, 0.3) is 0 Å². The van der Waals surface area contributed by atoms with Crippen molar-refractivity contribution in [3.63, 3.8) is 0 Å². The van der Waals surface area contributed by atoms with Crippen molar-refractivity contribution in [1.82, 2.24) is 9.55 Å². The van der Waals surface area contributed by atoms with E-state index in [1.54, 1.807) is 0 Å². The minimum Gasteiger partial charge on any atom is -0.384 e. The van der Waals surface area contributed by atoms with Crippen LogP contribution in [0.4, 0.5) is 17.6 Å². The van der Waals surface area contributed by atoms with Crippen LogP contribution >= 0.6 is 0 Å². The highest BCUT2D eigenvalue weighted by atomic mass is 19.2. The zero-order valence-corrected chi connectivity index (χ0v) is 12.4. The summed E-state index contributed by atoms with van der Waals surface area (Å²) >= 11 is 0. The van der Waals surface area contributed by atoms with Gasteiger partial charge in [0.2, 0.25) is 0 Å². The first-order valence-electron chi connectivity index (χ1n) is 7.23. The lowest BCUT2D eigenvalue weighted by atomic mass is 9.87. The van der Waals surface area contributed by atoms with Gasteiger partial charge in [0.1, 0.15) is 23.0 Å². The van der Waals surface area contributed by atoms with Crippen LogP contribution in [0.2, 0.25) is 0 Å². The molecule has 0 bridgehead atoms. The van der Waals surface area contributed by atoms with E-state index in [4.69, 9.17) is 5.26 Å². The van der Waals surface area contributed by atoms with Crippen LogP contribution in [0.3, 0.4) is 0 Å². The van der Waals surface area contributed by atoms with Gasteiger partial charge in [-0.15, -0.1) is 0 Å². The fourth-order valence-electron chi connectivity index (χ4n) is 2.77. The number of hydrogen-bond acceptors (Lipinski definition) is 3. The lowest BCUT2D eigenvalue weighted by Crippen LogP contribution is -2.48. The van der Waals surface area contributed by atoms with Gasteiger partial charge in [0, 0.05) is 6.42 Å². The fraction of sp³-hybridized carbons (Fsp3) is 0.375. The van der Waals surface area contributed by atoms with E-state index in [1.807, 2.05) is 6.07 Å². The second-order valence-electron chi connectivity index (χ2n) is 6.03. The molecule has 1 aromatic heterocycles. The first kappa shape index (κ1) is 16.5. The Labute approximate surface area is 135 Å². The highest BCUT2D eigenvalue weighted by molar-refractivity contribution is 5.26. The zero-order valence-electron chi connectivity index (χ0n) is 12.4. The van der Waals surface area contributed by atoms with Gasteiger partial charge in [0.05, 0.1) is 19.1 Å². The molecule has 0 spiro atoms. The summed E-state index contributed by atoms with van der Waals surface area (Å²) in [6, 6.07) is 3.55. The minimum absolute atomic E-state index is 0.0609. The van der Waals surface area contributed by atoms with Crippen LogP contribution in [-0.4, -0.2) is 25.9 Å². The third kappa shape index (κ3) is 2.65. The number of nitriles is 1. The van der Waals surface area contributed by atoms with Crippen LogP contribution < -0.4 is 0 Å². The number of halogens is 4. The fourth-order valence-corrected chi connectivity index (χ4v) is 2.77. The summed E-state index contributed by atoms with van der Waals surface area (Å²) in [4.78, 5) is 3.75. The van der Waals surface area contributed by atoms with Crippen LogP contribution in [0.1, 0.15) is 24.1 Å². The first-order valence-corrected chi connectivity index (χ1v) is 7.23. The maximum atomic E-state index is 14.7. The molecule has 4 nitrogen and oxygen atoms in total. The summed E-state index contributed by atoms with van der Waals surface area (Å²) in [5.74, 6) is -4.48. The number of benzene rings is 1. The molecule has 24 heavy (non-hydrogen) atoms. The van der Waals surface area contributed by atoms with E-state index in [2.05, 4.69) is 4.98 Å². The Morgan fingerprint density at radius 3 is 2.62 bits per heavy atom. The zero-order chi connectivity index (χ0) is 17.5. The molecule has 1 N–H and O–H groups in total. The van der Waals surface area contributed by atoms with Gasteiger partial charge in [0.25, 0.3) is 0 Å². The summed E-state index contributed by atoms with van der Waals surface area (Å²) < 4.78 is 56.3. The number of rotatable bonds is 5. The van der Waals surface area contributed by atoms with Gasteiger partial charge in [-0.05, 0) is 24.5 Å². The predicted octanol–water partition coefficient (Wildman–Crippen LogP) is 2.65. The summed E-state index contributed by atoms with van der Waals surface area (Å²) in [7, 11) is 0. The van der Waals surface area contributed by atoms with Crippen molar-refractivity contribution in [3.8, 4) is 6.07 Å². The molecule has 1 saturated carbocycles. The Balaban J connectivity index is 1.96. The minimum atomic E-state index is -2.08. The topological polar surface area (TPSA) is 61.8 Å². The molecule has 1 heterocycles. The third-order valence-electron chi connectivity index (χ3n) is 4.38. The summed E-state index contributed by atoms with van der Waals surface area (Å²) in [5, 5.41) is 19.8. The number of aromatic nitrogens is 2. The van der Waals surface area contributed by atoms with Crippen molar-refractivity contribution in [2.75, 3.05) is 0 Å². The third-order valence-corrected chi connectivity index (χ3v) is 4.38. The van der Waals surface area contributed by atoms with Gasteiger partial charge in [-0.1, -0.05) is 6.07 Å². The van der Waals surface area contributed by atoms with Crippen molar-refractivity contribution in [2.45, 2.75) is 37.1 Å². The average Bonchev–Trinajstić information content (AvgIpc) is 3.16. The van der Waals surface area contributed by atoms with Gasteiger partial charge in [-0.25, -0.2) is 22.5 Å². The Bertz CT molecular complexity index is 825. The van der Waals surface area contributed by atoms with Crippen LogP contribution in [0, 0.1) is 28.8 Å². The van der Waals surface area contributed by atoms with Crippen molar-refractivity contribution in [1.29, 1.82) is 5.26 Å². The van der Waals surface area contributed by atoms with Crippen LogP contribution in [0.15, 0.2) is 24.7 Å². The second kappa shape index (κ2) is 5.60. The molecular weight excluding hydrogens is 326 g/mol. The lowest BCUT2D eigenvalue weighted by Gasteiger charge is -2.32. The summed E-state index contributed by atoms with van der Waals surface area (Å²) in [6.07, 6.45) is 2.06. The lowest BCUT2D eigenvalue weighted by molar-refractivity contribution is -0.0636. The van der Waals surface area contributed by atoms with E-state index >= 15 is 0 Å². The molecular formula is C16H13F4N3O. The molecule has 1 fully saturated rings. The van der Waals surface area contributed by atoms with Crippen molar-refractivity contribution in [2.24, 2.45) is 0 Å². The number of alkyl halides is 1. The number of imidazole rings is 1. The summed E-state index contributed by atoms with van der Waals surface area (Å²) in [6.45, 7) is -0.356. The number of hydrogen-bond donors (Lipinski definition) is 1. The Hall–Kier alpha value is -2.40. The Kier molecular flexibility index (Phi) is 3.84. The smallest absolute Gasteiger partial charge is 0.194 e. The normalized spacial score (nSPS) is 18.0. The molecule has 0 amide bonds. The quantitative estimate of drug-likeness (QED) is 0.673. The Morgan fingerprint density at radius 2 is 2.00 bits per heavy atom. The van der Waals surface area contributed by atoms with Gasteiger partial charge in [-0.2, -0.15) is 5.26 Å². The molecule has 1 aliphatic carbocycles. The maximum absolute atomic E-state index is 14.7. The molecule has 1 aliphatic rings. The number of nitrogens with zero attached hydrogens (tertiary/aromatic N) is 3. The number of aliphatic hydroxyl groups is 1.